The van der Waals surface area contributed by atoms with Crippen LogP contribution in [-0.2, 0) is 11.3 Å². The molecule has 0 atom stereocenters. The average Bonchev–Trinajstić information content (AvgIpc) is 3.26. The largest absolute Gasteiger partial charge is 0.348 e. The number of aromatic nitrogens is 3. The first-order valence-electron chi connectivity index (χ1n) is 9.10. The average molecular weight is 398 g/mol. The van der Waals surface area contributed by atoms with Crippen LogP contribution in [-0.4, -0.2) is 32.9 Å². The van der Waals surface area contributed by atoms with Gasteiger partial charge >= 0.3 is 0 Å². The van der Waals surface area contributed by atoms with Crippen molar-refractivity contribution in [3.63, 3.8) is 0 Å². The summed E-state index contributed by atoms with van der Waals surface area (Å²) in [5.41, 5.74) is 4.76. The van der Waals surface area contributed by atoms with Crippen LogP contribution >= 0.6 is 11.3 Å². The first-order chi connectivity index (χ1) is 13.5. The molecule has 0 aromatic carbocycles. The monoisotopic (exact) mass is 397 g/mol. The molecular formula is C20H23N5O2S. The van der Waals surface area contributed by atoms with Crippen LogP contribution in [0.25, 0.3) is 11.3 Å². The van der Waals surface area contributed by atoms with Crippen LogP contribution in [0.2, 0.25) is 0 Å². The summed E-state index contributed by atoms with van der Waals surface area (Å²) in [5.74, 6) is -0.638. The summed E-state index contributed by atoms with van der Waals surface area (Å²) in [6.07, 6.45) is 4.13. The molecule has 3 aromatic rings. The van der Waals surface area contributed by atoms with Crippen LogP contribution in [0, 0.1) is 13.8 Å². The second kappa shape index (κ2) is 8.79. The highest BCUT2D eigenvalue weighted by molar-refractivity contribution is 7.14. The number of hydrogen-bond donors (Lipinski definition) is 2. The Morgan fingerprint density at radius 2 is 1.96 bits per heavy atom. The molecule has 0 bridgehead atoms. The molecule has 0 fully saturated rings. The number of amides is 2. The van der Waals surface area contributed by atoms with Gasteiger partial charge < -0.3 is 15.2 Å². The molecule has 0 aliphatic carbocycles. The predicted molar refractivity (Wildman–Crippen MR) is 111 cm³/mol. The molecule has 7 nitrogen and oxygen atoms in total. The molecule has 0 saturated carbocycles. The van der Waals surface area contributed by atoms with E-state index in [4.69, 9.17) is 0 Å². The van der Waals surface area contributed by atoms with Crippen molar-refractivity contribution >= 4 is 28.3 Å². The summed E-state index contributed by atoms with van der Waals surface area (Å²) < 4.78 is 2.28. The number of nitrogens with one attached hydrogen (secondary N) is 2. The lowest BCUT2D eigenvalue weighted by molar-refractivity contribution is -0.115. The van der Waals surface area contributed by atoms with E-state index < -0.39 is 0 Å². The summed E-state index contributed by atoms with van der Waals surface area (Å²) in [6, 6.07) is 5.31. The van der Waals surface area contributed by atoms with Gasteiger partial charge in [0, 0.05) is 46.8 Å². The van der Waals surface area contributed by atoms with Gasteiger partial charge in [-0.2, -0.15) is 0 Å². The number of carbonyl (C=O) groups is 2. The van der Waals surface area contributed by atoms with E-state index in [1.54, 1.807) is 12.1 Å². The highest BCUT2D eigenvalue weighted by Gasteiger charge is 2.15. The van der Waals surface area contributed by atoms with E-state index in [9.17, 15) is 9.59 Å². The van der Waals surface area contributed by atoms with Crippen LogP contribution in [0.3, 0.4) is 0 Å². The third-order valence-corrected chi connectivity index (χ3v) is 5.16. The number of aryl methyl sites for hydroxylation is 1. The number of anilines is 1. The van der Waals surface area contributed by atoms with Crippen molar-refractivity contribution in [3.8, 4) is 11.3 Å². The maximum absolute atomic E-state index is 12.1. The molecule has 0 spiro atoms. The van der Waals surface area contributed by atoms with Crippen LogP contribution in [0.5, 0.6) is 0 Å². The van der Waals surface area contributed by atoms with Crippen LogP contribution in [0.15, 0.2) is 36.0 Å². The molecule has 0 radical (unpaired) electrons. The van der Waals surface area contributed by atoms with Crippen molar-refractivity contribution in [2.24, 2.45) is 0 Å². The fourth-order valence-corrected chi connectivity index (χ4v) is 3.74. The van der Waals surface area contributed by atoms with Crippen molar-refractivity contribution < 1.29 is 9.59 Å². The molecule has 2 amide bonds. The standard InChI is InChI=1S/C20H23N5O2S/c1-4-9-25-13(2)10-16(14(25)3)17-12-28-20(23-17)24-18(26)11-22-19(27)15-5-7-21-8-6-15/h5-8,10,12H,4,9,11H2,1-3H3,(H,22,27)(H,23,24,26). The summed E-state index contributed by atoms with van der Waals surface area (Å²) in [4.78, 5) is 32.5. The van der Waals surface area contributed by atoms with Crippen molar-refractivity contribution in [3.05, 3.63) is 52.9 Å². The molecule has 2 N–H and O–H groups in total. The molecule has 28 heavy (non-hydrogen) atoms. The lowest BCUT2D eigenvalue weighted by atomic mass is 10.2. The minimum absolute atomic E-state index is 0.124. The number of hydrogen-bond acceptors (Lipinski definition) is 5. The summed E-state index contributed by atoms with van der Waals surface area (Å²) in [7, 11) is 0. The summed E-state index contributed by atoms with van der Waals surface area (Å²) >= 11 is 1.37. The van der Waals surface area contributed by atoms with Gasteiger partial charge in [-0.15, -0.1) is 11.3 Å². The van der Waals surface area contributed by atoms with Crippen LogP contribution < -0.4 is 10.6 Å². The van der Waals surface area contributed by atoms with Crippen molar-refractivity contribution in [2.45, 2.75) is 33.7 Å². The highest BCUT2D eigenvalue weighted by atomic mass is 32.1. The number of carbonyl (C=O) groups excluding carboxylic acids is 2. The van der Waals surface area contributed by atoms with Gasteiger partial charge in [-0.05, 0) is 38.5 Å². The molecule has 0 aliphatic heterocycles. The van der Waals surface area contributed by atoms with Crippen molar-refractivity contribution in [2.75, 3.05) is 11.9 Å². The van der Waals surface area contributed by atoms with Gasteiger partial charge in [-0.1, -0.05) is 6.92 Å². The quantitative estimate of drug-likeness (QED) is 0.639. The molecule has 0 saturated heterocycles. The van der Waals surface area contributed by atoms with E-state index in [1.165, 1.54) is 35.1 Å². The van der Waals surface area contributed by atoms with Gasteiger partial charge in [0.2, 0.25) is 5.91 Å². The van der Waals surface area contributed by atoms with Crippen molar-refractivity contribution in [1.82, 2.24) is 19.9 Å². The molecule has 0 unspecified atom stereocenters. The van der Waals surface area contributed by atoms with Gasteiger partial charge in [0.15, 0.2) is 5.13 Å². The SMILES string of the molecule is CCCn1c(C)cc(-c2csc(NC(=O)CNC(=O)c3ccncc3)n2)c1C. The van der Waals surface area contributed by atoms with Gasteiger partial charge in [0.1, 0.15) is 0 Å². The fourth-order valence-electron chi connectivity index (χ4n) is 3.01. The minimum Gasteiger partial charge on any atom is -0.348 e. The Bertz CT molecular complexity index is 978. The molecule has 0 aliphatic rings. The molecular weight excluding hydrogens is 374 g/mol. The van der Waals surface area contributed by atoms with E-state index in [1.807, 2.05) is 5.38 Å². The van der Waals surface area contributed by atoms with E-state index in [0.717, 1.165) is 24.2 Å². The first-order valence-corrected chi connectivity index (χ1v) is 9.98. The summed E-state index contributed by atoms with van der Waals surface area (Å²) in [6.45, 7) is 7.18. The molecule has 146 valence electrons. The maximum atomic E-state index is 12.1. The third-order valence-electron chi connectivity index (χ3n) is 4.40. The Labute approximate surface area is 167 Å². The molecule has 3 aromatic heterocycles. The second-order valence-corrected chi connectivity index (χ2v) is 7.30. The van der Waals surface area contributed by atoms with Gasteiger partial charge in [0.05, 0.1) is 12.2 Å². The third kappa shape index (κ3) is 4.45. The van der Waals surface area contributed by atoms with E-state index >= 15 is 0 Å². The fraction of sp³-hybridized carbons (Fsp3) is 0.300. The molecule has 8 heteroatoms. The number of nitrogens with zero attached hydrogens (tertiary/aromatic N) is 3. The van der Waals surface area contributed by atoms with Crippen molar-refractivity contribution in [1.29, 1.82) is 0 Å². The number of rotatable bonds is 7. The van der Waals surface area contributed by atoms with Gasteiger partial charge in [-0.3, -0.25) is 14.6 Å². The Morgan fingerprint density at radius 1 is 1.21 bits per heavy atom. The second-order valence-electron chi connectivity index (χ2n) is 6.44. The lowest BCUT2D eigenvalue weighted by Gasteiger charge is -2.07. The summed E-state index contributed by atoms with van der Waals surface area (Å²) in [5, 5.41) is 7.77. The van der Waals surface area contributed by atoms with Crippen LogP contribution in [0.1, 0.15) is 35.1 Å². The lowest BCUT2D eigenvalue weighted by Crippen LogP contribution is -2.32. The Morgan fingerprint density at radius 3 is 2.68 bits per heavy atom. The van der Waals surface area contributed by atoms with Crippen LogP contribution in [0.4, 0.5) is 5.13 Å². The predicted octanol–water partition coefficient (Wildman–Crippen LogP) is 3.40. The zero-order chi connectivity index (χ0) is 20.1. The Balaban J connectivity index is 1.61. The zero-order valence-corrected chi connectivity index (χ0v) is 17.0. The minimum atomic E-state index is -0.320. The number of pyridine rings is 1. The normalized spacial score (nSPS) is 10.7. The Kier molecular flexibility index (Phi) is 6.20. The van der Waals surface area contributed by atoms with Gasteiger partial charge in [-0.25, -0.2) is 4.98 Å². The Hall–Kier alpha value is -3.00. The number of thiazole rings is 1. The maximum Gasteiger partial charge on any atom is 0.251 e. The zero-order valence-electron chi connectivity index (χ0n) is 16.2. The smallest absolute Gasteiger partial charge is 0.251 e. The van der Waals surface area contributed by atoms with E-state index in [2.05, 4.69) is 52.0 Å². The van der Waals surface area contributed by atoms with E-state index in [-0.39, 0.29) is 18.4 Å². The van der Waals surface area contributed by atoms with E-state index in [0.29, 0.717) is 10.7 Å². The molecule has 3 rings (SSSR count). The van der Waals surface area contributed by atoms with Gasteiger partial charge in [0.25, 0.3) is 5.91 Å². The molecule has 3 heterocycles. The first kappa shape index (κ1) is 19.8. The highest BCUT2D eigenvalue weighted by Crippen LogP contribution is 2.30. The topological polar surface area (TPSA) is 88.9 Å².